The summed E-state index contributed by atoms with van der Waals surface area (Å²) in [4.78, 5) is 0. The molecule has 0 radical (unpaired) electrons. The van der Waals surface area contributed by atoms with E-state index in [-0.39, 0.29) is 10.1 Å². The quantitative estimate of drug-likeness (QED) is 0.0632. The molecule has 0 atom stereocenters. The Kier molecular flexibility index (Phi) is 21.7. The van der Waals surface area contributed by atoms with Crippen LogP contribution in [0.4, 0.5) is 0 Å². The Balaban J connectivity index is 2.81. The number of hydrogen-bond donors (Lipinski definition) is 0. The molecular weight excluding hydrogens is 1070 g/mol. The number of hydrogen-bond acceptors (Lipinski definition) is 2. The summed E-state index contributed by atoms with van der Waals surface area (Å²) in [7, 11) is -14.0. The maximum Gasteiger partial charge on any atom is 0.250 e. The third kappa shape index (κ3) is 12.6. The zero-order chi connectivity index (χ0) is 61.8. The van der Waals surface area contributed by atoms with Crippen molar-refractivity contribution >= 4 is 81.2 Å². The molecule has 0 spiro atoms. The fourth-order valence-corrected chi connectivity index (χ4v) is 37.9. The summed E-state index contributed by atoms with van der Waals surface area (Å²) in [5.74, 6) is 18.3. The van der Waals surface area contributed by atoms with Crippen LogP contribution in [0.25, 0.3) is 32.3 Å². The zero-order valence-electron chi connectivity index (χ0n) is 58.1. The highest BCUT2D eigenvalue weighted by Crippen LogP contribution is 2.55. The van der Waals surface area contributed by atoms with Gasteiger partial charge in [0.25, 0.3) is 16.6 Å². The van der Waals surface area contributed by atoms with Crippen LogP contribution < -0.4 is 8.85 Å². The first-order chi connectivity index (χ1) is 36.3. The Labute approximate surface area is 501 Å². The van der Waals surface area contributed by atoms with Crippen LogP contribution in [0.2, 0.25) is 103 Å². The van der Waals surface area contributed by atoms with Gasteiger partial charge in [-0.2, -0.15) is 0 Å². The Morgan fingerprint density at radius 3 is 0.675 bits per heavy atom. The molecule has 0 unspecified atom stereocenters. The standard InChI is InChI=1S/C72H118O2Si6/c1-47(2)77(48(3)4,49(5)6)39-35-59-43-63-61(37-41-79(53(13)14,54(15)16)55(17)18)62(38-42-80(56(19)20,57(21)22)58(23)24)64-44-60(36-40-78(50(7)8,51(9)10)52(11)12)46-66-68(64)67(63)65(45-59)69(73-75(31,32)71(25,26)27)70(66)74-76(33,34)72(28,29)30/h43-58H,1-34H3. The first-order valence-corrected chi connectivity index (χ1v) is 46.4. The smallest absolute Gasteiger partial charge is 0.250 e. The molecule has 0 saturated carbocycles. The van der Waals surface area contributed by atoms with E-state index < -0.39 is 48.9 Å². The summed E-state index contributed by atoms with van der Waals surface area (Å²) in [6.45, 7) is 82.2. The van der Waals surface area contributed by atoms with Crippen molar-refractivity contribution < 1.29 is 8.85 Å². The van der Waals surface area contributed by atoms with E-state index in [0.717, 1.165) is 55.3 Å². The highest BCUT2D eigenvalue weighted by molar-refractivity contribution is 6.92. The Morgan fingerprint density at radius 2 is 0.487 bits per heavy atom. The highest BCUT2D eigenvalue weighted by Gasteiger charge is 2.47. The van der Waals surface area contributed by atoms with Gasteiger partial charge in [0.15, 0.2) is 11.5 Å². The molecule has 442 valence electrons. The lowest BCUT2D eigenvalue weighted by Crippen LogP contribution is -2.46. The SMILES string of the molecule is CC(C)[Si](C#Cc1cc2c(C#C[Si](C(C)C)(C(C)C)C(C)C)c(C#C[Si](C(C)C)(C(C)C)C(C)C)c3cc(C#C[Si](C(C)C)(C(C)C)C(C)C)cc4c(O[Si](C)(C)C(C)(C)C)c(O[Si](C)(C)C(C)(C)C)c(c1)c2c34)(C(C)C)C(C)C. The Hall–Kier alpha value is -2.94. The molecule has 0 aliphatic carbocycles. The van der Waals surface area contributed by atoms with Gasteiger partial charge in [-0.3, -0.25) is 0 Å². The molecule has 0 aliphatic heterocycles. The van der Waals surface area contributed by atoms with Gasteiger partial charge in [-0.15, -0.1) is 22.2 Å². The Morgan fingerprint density at radius 1 is 0.300 bits per heavy atom. The maximum atomic E-state index is 8.00. The van der Waals surface area contributed by atoms with Crippen LogP contribution in [0.5, 0.6) is 11.5 Å². The third-order valence-corrected chi connectivity index (χ3v) is 55.3. The minimum atomic E-state index is -2.56. The van der Waals surface area contributed by atoms with E-state index in [9.17, 15) is 0 Å². The maximum absolute atomic E-state index is 8.00. The molecule has 0 aliphatic rings. The highest BCUT2D eigenvalue weighted by atomic mass is 28.4. The summed E-state index contributed by atoms with van der Waals surface area (Å²) in [5.41, 5.74) is 26.9. The van der Waals surface area contributed by atoms with Gasteiger partial charge >= 0.3 is 0 Å². The van der Waals surface area contributed by atoms with Crippen LogP contribution in [0.3, 0.4) is 0 Å². The van der Waals surface area contributed by atoms with Crippen LogP contribution in [0.1, 0.15) is 230 Å². The molecule has 4 rings (SSSR count). The van der Waals surface area contributed by atoms with Crippen LogP contribution in [-0.4, -0.2) is 48.9 Å². The van der Waals surface area contributed by atoms with Crippen LogP contribution in [0.15, 0.2) is 24.3 Å². The largest absolute Gasteiger partial charge is 0.541 e. The van der Waals surface area contributed by atoms with Crippen LogP contribution in [-0.2, 0) is 0 Å². The molecule has 2 nitrogen and oxygen atoms in total. The predicted octanol–water partition coefficient (Wildman–Crippen LogP) is 23.6. The summed E-state index contributed by atoms with van der Waals surface area (Å²) >= 11 is 0. The van der Waals surface area contributed by atoms with Crippen molar-refractivity contribution in [3.63, 3.8) is 0 Å². The first kappa shape index (κ1) is 69.6. The summed E-state index contributed by atoms with van der Waals surface area (Å²) < 4.78 is 16.0. The van der Waals surface area contributed by atoms with Gasteiger partial charge in [-0.1, -0.05) is 231 Å². The van der Waals surface area contributed by atoms with E-state index in [1.54, 1.807) is 0 Å². The van der Waals surface area contributed by atoms with Crippen molar-refractivity contribution in [1.29, 1.82) is 0 Å². The molecule has 0 amide bonds. The van der Waals surface area contributed by atoms with E-state index >= 15 is 0 Å². The summed E-state index contributed by atoms with van der Waals surface area (Å²) in [5, 5.41) is 6.63. The number of rotatable bonds is 16. The van der Waals surface area contributed by atoms with Gasteiger partial charge in [0, 0.05) is 54.6 Å². The summed E-state index contributed by atoms with van der Waals surface area (Å²) in [6.07, 6.45) is 0. The van der Waals surface area contributed by atoms with Crippen molar-refractivity contribution in [2.24, 2.45) is 0 Å². The third-order valence-electron chi connectivity index (χ3n) is 21.5. The normalized spacial score (nSPS) is 13.8. The molecule has 4 aromatic carbocycles. The lowest BCUT2D eigenvalue weighted by atomic mass is 9.85. The fourth-order valence-electron chi connectivity index (χ4n) is 14.9. The monoisotopic (exact) mass is 1180 g/mol. The van der Waals surface area contributed by atoms with Crippen LogP contribution in [0, 0.1) is 45.9 Å². The predicted molar refractivity (Wildman–Crippen MR) is 378 cm³/mol. The average molecular weight is 1180 g/mol. The van der Waals surface area contributed by atoms with Crippen molar-refractivity contribution in [1.82, 2.24) is 0 Å². The van der Waals surface area contributed by atoms with Gasteiger partial charge < -0.3 is 8.85 Å². The van der Waals surface area contributed by atoms with Gasteiger partial charge in [0.1, 0.15) is 32.3 Å². The lowest BCUT2D eigenvalue weighted by molar-refractivity contribution is 0.447. The van der Waals surface area contributed by atoms with E-state index in [2.05, 4.69) is 304 Å². The van der Waals surface area contributed by atoms with E-state index in [0.29, 0.717) is 66.5 Å². The molecule has 0 N–H and O–H groups in total. The summed E-state index contributed by atoms with van der Waals surface area (Å²) in [6, 6.07) is 9.69. The zero-order valence-corrected chi connectivity index (χ0v) is 64.1. The molecule has 0 fully saturated rings. The first-order valence-electron chi connectivity index (χ1n) is 31.7. The molecule has 0 heterocycles. The fraction of sp³-hybridized carbons (Fsp3) is 0.667. The second kappa shape index (κ2) is 24.9. The van der Waals surface area contributed by atoms with E-state index in [1.165, 1.54) is 10.8 Å². The van der Waals surface area contributed by atoms with Gasteiger partial charge in [0.05, 0.1) is 0 Å². The molecule has 80 heavy (non-hydrogen) atoms. The van der Waals surface area contributed by atoms with Crippen LogP contribution >= 0.6 is 0 Å². The minimum Gasteiger partial charge on any atom is -0.541 e. The number of benzene rings is 4. The molecule has 0 saturated heterocycles. The lowest BCUT2D eigenvalue weighted by Gasteiger charge is -2.41. The molecule has 0 bridgehead atoms. The van der Waals surface area contributed by atoms with E-state index in [1.807, 2.05) is 0 Å². The van der Waals surface area contributed by atoms with Gasteiger partial charge in [-0.25, -0.2) is 0 Å². The van der Waals surface area contributed by atoms with Crippen molar-refractivity contribution in [2.75, 3.05) is 0 Å². The van der Waals surface area contributed by atoms with Crippen molar-refractivity contribution in [3.8, 4) is 57.4 Å². The van der Waals surface area contributed by atoms with E-state index in [4.69, 9.17) is 8.85 Å². The second-order valence-corrected chi connectivity index (χ2v) is 63.4. The average Bonchev–Trinajstić information content (AvgIpc) is 3.28. The topological polar surface area (TPSA) is 18.5 Å². The van der Waals surface area contributed by atoms with Crippen molar-refractivity contribution in [2.45, 2.75) is 310 Å². The van der Waals surface area contributed by atoms with Gasteiger partial charge in [0.2, 0.25) is 0 Å². The second-order valence-electron chi connectivity index (χ2n) is 31.6. The van der Waals surface area contributed by atoms with Crippen molar-refractivity contribution in [3.05, 3.63) is 46.5 Å². The molecule has 8 heteroatoms. The molecule has 0 aromatic heterocycles. The Bertz CT molecular complexity index is 2800. The molecule has 4 aromatic rings. The van der Waals surface area contributed by atoms with Gasteiger partial charge in [-0.05, 0) is 127 Å². The minimum absolute atomic E-state index is 0.0920. The molecular formula is C72H118O2Si6.